The molecule has 4 aromatic rings. The molecule has 2 N–H and O–H groups in total. The number of aromatic nitrogens is 5. The molecule has 33 heavy (non-hydrogen) atoms. The average molecular weight is 479 g/mol. The number of H-pyrrole nitrogens is 1. The van der Waals surface area contributed by atoms with E-state index >= 15 is 0 Å². The minimum Gasteiger partial charge on any atom is -0.475 e. The van der Waals surface area contributed by atoms with Gasteiger partial charge in [0.05, 0.1) is 30.5 Å². The Morgan fingerprint density at radius 1 is 1.03 bits per heavy atom. The summed E-state index contributed by atoms with van der Waals surface area (Å²) in [6.45, 7) is 0. The van der Waals surface area contributed by atoms with E-state index in [2.05, 4.69) is 20.1 Å². The minimum absolute atomic E-state index is 0.640. The standard InChI is InChI=1S/C18H15N5O2S.C2HF3O2/c1-26(24,25)23-12-15(10-21-23)14-7-8-19-16(9-14)18-20-11-17(22-18)13-5-3-2-4-6-13;3-2(4,5)1(6)7/h2-12H,1H3,(H,20,22);(H,6,7). The number of hydrogen-bond acceptors (Lipinski definition) is 6. The van der Waals surface area contributed by atoms with Crippen LogP contribution in [0.4, 0.5) is 13.2 Å². The van der Waals surface area contributed by atoms with Crippen LogP contribution in [0.1, 0.15) is 0 Å². The Morgan fingerprint density at radius 3 is 2.27 bits per heavy atom. The van der Waals surface area contributed by atoms with Crippen molar-refractivity contribution in [1.82, 2.24) is 24.1 Å². The number of imidazole rings is 1. The summed E-state index contributed by atoms with van der Waals surface area (Å²) in [4.78, 5) is 20.9. The molecule has 0 saturated carbocycles. The van der Waals surface area contributed by atoms with Gasteiger partial charge in [0.15, 0.2) is 5.82 Å². The van der Waals surface area contributed by atoms with Crippen molar-refractivity contribution in [2.45, 2.75) is 6.18 Å². The Kier molecular flexibility index (Phi) is 6.62. The highest BCUT2D eigenvalue weighted by Crippen LogP contribution is 2.25. The smallest absolute Gasteiger partial charge is 0.475 e. The molecule has 0 saturated heterocycles. The summed E-state index contributed by atoms with van der Waals surface area (Å²) in [5, 5.41) is 11.0. The van der Waals surface area contributed by atoms with Crippen molar-refractivity contribution >= 4 is 16.0 Å². The van der Waals surface area contributed by atoms with E-state index in [1.807, 2.05) is 36.4 Å². The van der Waals surface area contributed by atoms with E-state index in [0.717, 1.165) is 27.2 Å². The molecule has 3 heterocycles. The van der Waals surface area contributed by atoms with Crippen molar-refractivity contribution < 1.29 is 31.5 Å². The first kappa shape index (κ1) is 23.7. The molecule has 1 aromatic carbocycles. The van der Waals surface area contributed by atoms with Gasteiger partial charge in [-0.2, -0.15) is 22.4 Å². The van der Waals surface area contributed by atoms with Crippen LogP contribution in [0.15, 0.2) is 67.3 Å². The van der Waals surface area contributed by atoms with Gasteiger partial charge in [0.1, 0.15) is 5.69 Å². The van der Waals surface area contributed by atoms with Gasteiger partial charge in [0.25, 0.3) is 10.0 Å². The molecule has 9 nitrogen and oxygen atoms in total. The van der Waals surface area contributed by atoms with Crippen LogP contribution in [0.2, 0.25) is 0 Å². The summed E-state index contributed by atoms with van der Waals surface area (Å²) in [5.41, 5.74) is 4.10. The van der Waals surface area contributed by atoms with Crippen molar-refractivity contribution in [1.29, 1.82) is 0 Å². The second-order valence-corrected chi connectivity index (χ2v) is 8.45. The van der Waals surface area contributed by atoms with E-state index in [1.165, 1.54) is 12.4 Å². The van der Waals surface area contributed by atoms with Crippen molar-refractivity contribution in [3.05, 3.63) is 67.3 Å². The highest BCUT2D eigenvalue weighted by Gasteiger charge is 2.38. The summed E-state index contributed by atoms with van der Waals surface area (Å²) < 4.78 is 55.8. The number of hydrogen-bond donors (Lipinski definition) is 2. The third-order valence-electron chi connectivity index (χ3n) is 4.14. The maximum absolute atomic E-state index is 11.6. The molecule has 172 valence electrons. The molecule has 0 fully saturated rings. The Bertz CT molecular complexity index is 1370. The van der Waals surface area contributed by atoms with Gasteiger partial charge in [0, 0.05) is 11.8 Å². The molecule has 3 aromatic heterocycles. The van der Waals surface area contributed by atoms with E-state index in [9.17, 15) is 21.6 Å². The van der Waals surface area contributed by atoms with Gasteiger partial charge in [-0.3, -0.25) is 4.98 Å². The number of carboxylic acids is 1. The van der Waals surface area contributed by atoms with Gasteiger partial charge in [-0.15, -0.1) is 0 Å². The molecule has 0 bridgehead atoms. The van der Waals surface area contributed by atoms with E-state index in [0.29, 0.717) is 17.1 Å². The lowest BCUT2D eigenvalue weighted by Crippen LogP contribution is -2.21. The summed E-state index contributed by atoms with van der Waals surface area (Å²) in [7, 11) is -3.41. The van der Waals surface area contributed by atoms with Crippen LogP contribution < -0.4 is 0 Å². The molecule has 4 rings (SSSR count). The van der Waals surface area contributed by atoms with Gasteiger partial charge in [0.2, 0.25) is 0 Å². The fourth-order valence-electron chi connectivity index (χ4n) is 2.59. The lowest BCUT2D eigenvalue weighted by molar-refractivity contribution is -0.192. The Balaban J connectivity index is 0.000000383. The normalized spacial score (nSPS) is 11.5. The SMILES string of the molecule is CS(=O)(=O)n1cc(-c2ccnc(-c3ncc(-c4ccccc4)[nH]3)c2)cn1.O=C(O)C(F)(F)F. The van der Waals surface area contributed by atoms with Crippen LogP contribution in [0.25, 0.3) is 33.9 Å². The zero-order chi connectivity index (χ0) is 24.2. The number of rotatable bonds is 4. The van der Waals surface area contributed by atoms with Crippen molar-refractivity contribution in [2.75, 3.05) is 6.26 Å². The van der Waals surface area contributed by atoms with Gasteiger partial charge < -0.3 is 10.1 Å². The molecule has 0 aliphatic heterocycles. The first-order valence-corrected chi connectivity index (χ1v) is 10.9. The van der Waals surface area contributed by atoms with E-state index in [1.54, 1.807) is 18.5 Å². The topological polar surface area (TPSA) is 131 Å². The number of nitrogens with zero attached hydrogens (tertiary/aromatic N) is 4. The third kappa shape index (κ3) is 6.04. The fourth-order valence-corrected chi connectivity index (χ4v) is 3.11. The van der Waals surface area contributed by atoms with Gasteiger partial charge in [-0.05, 0) is 23.3 Å². The molecule has 0 spiro atoms. The van der Waals surface area contributed by atoms with Gasteiger partial charge in [-0.25, -0.2) is 18.2 Å². The van der Waals surface area contributed by atoms with Crippen LogP contribution in [0.3, 0.4) is 0 Å². The summed E-state index contributed by atoms with van der Waals surface area (Å²) in [5.74, 6) is -2.12. The highest BCUT2D eigenvalue weighted by atomic mass is 32.2. The number of halogens is 3. The Labute approximate surface area is 185 Å². The summed E-state index contributed by atoms with van der Waals surface area (Å²) >= 11 is 0. The van der Waals surface area contributed by atoms with Crippen molar-refractivity contribution in [3.63, 3.8) is 0 Å². The minimum atomic E-state index is -5.08. The number of aromatic amines is 1. The molecule has 13 heteroatoms. The molecule has 0 atom stereocenters. The number of carbonyl (C=O) groups is 1. The molecule has 0 aliphatic rings. The molecule has 0 amide bonds. The van der Waals surface area contributed by atoms with Gasteiger partial charge >= 0.3 is 12.1 Å². The van der Waals surface area contributed by atoms with E-state index < -0.39 is 22.2 Å². The molecule has 0 radical (unpaired) electrons. The first-order valence-electron chi connectivity index (χ1n) is 9.07. The fraction of sp³-hybridized carbons (Fsp3) is 0.100. The molecule has 0 aliphatic carbocycles. The predicted octanol–water partition coefficient (Wildman–Crippen LogP) is 3.44. The number of pyridine rings is 1. The Hall–Kier alpha value is -4.00. The zero-order valence-corrected chi connectivity index (χ0v) is 17.7. The number of benzene rings is 1. The largest absolute Gasteiger partial charge is 0.490 e. The number of carboxylic acid groups (broad SMARTS) is 1. The quantitative estimate of drug-likeness (QED) is 0.458. The van der Waals surface area contributed by atoms with Crippen LogP contribution in [0, 0.1) is 0 Å². The monoisotopic (exact) mass is 479 g/mol. The third-order valence-corrected chi connectivity index (χ3v) is 5.02. The molecular formula is C20H16F3N5O4S. The second kappa shape index (κ2) is 9.24. The molecule has 0 unspecified atom stereocenters. The first-order chi connectivity index (χ1) is 15.4. The lowest BCUT2D eigenvalue weighted by atomic mass is 10.1. The Morgan fingerprint density at radius 2 is 1.70 bits per heavy atom. The summed E-state index contributed by atoms with van der Waals surface area (Å²) in [6.07, 6.45) is 2.44. The van der Waals surface area contributed by atoms with Crippen molar-refractivity contribution in [3.8, 4) is 33.9 Å². The highest BCUT2D eigenvalue weighted by molar-refractivity contribution is 7.89. The van der Waals surface area contributed by atoms with E-state index in [4.69, 9.17) is 9.90 Å². The van der Waals surface area contributed by atoms with E-state index in [-0.39, 0.29) is 0 Å². The molecular weight excluding hydrogens is 463 g/mol. The number of aliphatic carboxylic acids is 1. The lowest BCUT2D eigenvalue weighted by Gasteiger charge is -2.01. The number of nitrogens with one attached hydrogen (secondary N) is 1. The van der Waals surface area contributed by atoms with Crippen LogP contribution >= 0.6 is 0 Å². The van der Waals surface area contributed by atoms with Crippen LogP contribution in [-0.4, -0.2) is 56.1 Å². The van der Waals surface area contributed by atoms with Crippen LogP contribution in [-0.2, 0) is 14.8 Å². The maximum Gasteiger partial charge on any atom is 0.490 e. The second-order valence-electron chi connectivity index (χ2n) is 6.61. The average Bonchev–Trinajstić information content (AvgIpc) is 3.44. The van der Waals surface area contributed by atoms with Crippen molar-refractivity contribution in [2.24, 2.45) is 0 Å². The maximum atomic E-state index is 11.6. The zero-order valence-electron chi connectivity index (χ0n) is 16.9. The van der Waals surface area contributed by atoms with Gasteiger partial charge in [-0.1, -0.05) is 30.3 Å². The number of alkyl halides is 3. The van der Waals surface area contributed by atoms with Crippen LogP contribution in [0.5, 0.6) is 0 Å². The summed E-state index contributed by atoms with van der Waals surface area (Å²) in [6, 6.07) is 13.5. The predicted molar refractivity (Wildman–Crippen MR) is 112 cm³/mol.